The van der Waals surface area contributed by atoms with Gasteiger partial charge in [0.1, 0.15) is 23.3 Å². The van der Waals surface area contributed by atoms with Crippen molar-refractivity contribution in [1.29, 1.82) is 5.26 Å². The maximum atomic E-state index is 15.1. The van der Waals surface area contributed by atoms with Crippen molar-refractivity contribution in [3.05, 3.63) is 143 Å². The fraction of sp³-hybridized carbons (Fsp3) is 0.302. The van der Waals surface area contributed by atoms with E-state index in [0.29, 0.717) is 28.1 Å². The van der Waals surface area contributed by atoms with E-state index in [2.05, 4.69) is 171 Å². The molecule has 0 radical (unpaired) electrons. The van der Waals surface area contributed by atoms with Crippen LogP contribution in [0.4, 0.5) is 8.78 Å². The van der Waals surface area contributed by atoms with Gasteiger partial charge in [-0.1, -0.05) is 107 Å². The molecule has 0 saturated carbocycles. The van der Waals surface area contributed by atoms with Gasteiger partial charge in [0.25, 0.3) is 0 Å². The normalized spacial score (nSPS) is 13.0. The molecular formula is C53H53F2N3. The summed E-state index contributed by atoms with van der Waals surface area (Å²) in [5, 5.41) is 15.8. The number of nitriles is 1. The summed E-state index contributed by atoms with van der Waals surface area (Å²) in [4.78, 5) is 0. The molecular weight excluding hydrogens is 717 g/mol. The molecule has 0 aliphatic carbocycles. The van der Waals surface area contributed by atoms with E-state index in [-0.39, 0.29) is 21.7 Å². The van der Waals surface area contributed by atoms with Crippen LogP contribution in [0.5, 0.6) is 0 Å². The minimum absolute atomic E-state index is 0.0904. The Morgan fingerprint density at radius 1 is 0.397 bits per heavy atom. The predicted octanol–water partition coefficient (Wildman–Crippen LogP) is 14.9. The van der Waals surface area contributed by atoms with E-state index in [0.717, 1.165) is 49.7 Å². The second-order valence-corrected chi connectivity index (χ2v) is 20.3. The third kappa shape index (κ3) is 6.57. The van der Waals surface area contributed by atoms with E-state index < -0.39 is 11.6 Å². The van der Waals surface area contributed by atoms with Crippen LogP contribution in [-0.2, 0) is 21.7 Å². The van der Waals surface area contributed by atoms with Gasteiger partial charge in [0.15, 0.2) is 0 Å². The first-order valence-electron chi connectivity index (χ1n) is 20.3. The number of fused-ring (bicyclic) bond motifs is 6. The third-order valence-electron chi connectivity index (χ3n) is 11.9. The molecule has 0 saturated heterocycles. The Balaban J connectivity index is 1.56. The van der Waals surface area contributed by atoms with Crippen molar-refractivity contribution in [2.24, 2.45) is 0 Å². The number of rotatable bonds is 3. The van der Waals surface area contributed by atoms with Crippen LogP contribution in [0.1, 0.15) is 111 Å². The lowest BCUT2D eigenvalue weighted by molar-refractivity contribution is 0.584. The molecule has 0 unspecified atom stereocenters. The maximum Gasteiger partial charge on any atom is 0.126 e. The van der Waals surface area contributed by atoms with Gasteiger partial charge in [0, 0.05) is 27.6 Å². The molecule has 8 aromatic rings. The van der Waals surface area contributed by atoms with E-state index >= 15 is 8.78 Å². The van der Waals surface area contributed by atoms with E-state index in [1.807, 2.05) is 12.1 Å². The largest absolute Gasteiger partial charge is 0.308 e. The first kappa shape index (κ1) is 39.1. The van der Waals surface area contributed by atoms with Crippen LogP contribution in [0.2, 0.25) is 0 Å². The lowest BCUT2D eigenvalue weighted by Crippen LogP contribution is -2.11. The molecule has 0 bridgehead atoms. The van der Waals surface area contributed by atoms with Crippen molar-refractivity contribution < 1.29 is 8.78 Å². The zero-order chi connectivity index (χ0) is 41.9. The highest BCUT2D eigenvalue weighted by atomic mass is 19.1. The smallest absolute Gasteiger partial charge is 0.126 e. The number of hydrogen-bond donors (Lipinski definition) is 0. The van der Waals surface area contributed by atoms with Gasteiger partial charge < -0.3 is 9.13 Å². The van der Waals surface area contributed by atoms with Gasteiger partial charge in [-0.25, -0.2) is 8.78 Å². The average Bonchev–Trinajstić information content (AvgIpc) is 3.63. The van der Waals surface area contributed by atoms with Crippen LogP contribution in [-0.4, -0.2) is 9.13 Å². The summed E-state index contributed by atoms with van der Waals surface area (Å²) in [7, 11) is 0. The molecule has 6 aromatic carbocycles. The molecule has 58 heavy (non-hydrogen) atoms. The molecule has 0 fully saturated rings. The fourth-order valence-electron chi connectivity index (χ4n) is 8.40. The highest BCUT2D eigenvalue weighted by molar-refractivity contribution is 6.12. The second kappa shape index (κ2) is 13.1. The molecule has 294 valence electrons. The highest BCUT2D eigenvalue weighted by Crippen LogP contribution is 2.43. The highest BCUT2D eigenvalue weighted by Gasteiger charge is 2.27. The zero-order valence-electron chi connectivity index (χ0n) is 35.9. The average molecular weight is 770 g/mol. The summed E-state index contributed by atoms with van der Waals surface area (Å²) in [6.07, 6.45) is 0. The number of halogens is 2. The summed E-state index contributed by atoms with van der Waals surface area (Å²) in [6, 6.07) is 36.6. The third-order valence-corrected chi connectivity index (χ3v) is 11.9. The van der Waals surface area contributed by atoms with Crippen molar-refractivity contribution in [3.8, 4) is 28.6 Å². The van der Waals surface area contributed by atoms with Gasteiger partial charge in [-0.2, -0.15) is 5.26 Å². The van der Waals surface area contributed by atoms with E-state index in [4.69, 9.17) is 0 Å². The lowest BCUT2D eigenvalue weighted by atomic mass is 9.85. The predicted molar refractivity (Wildman–Crippen MR) is 240 cm³/mol. The van der Waals surface area contributed by atoms with Gasteiger partial charge in [0.05, 0.1) is 33.4 Å². The molecule has 2 aromatic heterocycles. The van der Waals surface area contributed by atoms with E-state index in [1.165, 1.54) is 34.4 Å². The first-order chi connectivity index (χ1) is 27.0. The topological polar surface area (TPSA) is 33.6 Å². The Kier molecular flexibility index (Phi) is 8.87. The Bertz CT molecular complexity index is 2680. The number of nitrogens with zero attached hydrogens (tertiary/aromatic N) is 3. The van der Waals surface area contributed by atoms with Gasteiger partial charge in [-0.05, 0) is 128 Å². The number of hydrogen-bond acceptors (Lipinski definition) is 1. The molecule has 0 atom stereocenters. The number of aromatic nitrogens is 2. The molecule has 8 rings (SSSR count). The summed E-state index contributed by atoms with van der Waals surface area (Å²) < 4.78 is 34.5. The SMILES string of the molecule is CC(C)(C)c1ccc2c(c1)c1cc(C(C)(C)C)ccc1n2-c1cc(-c2cc(F)cc(F)c2)cc(-n2c3ccc(C(C)(C)C)cc3c3cc(C(C)(C)C)ccc32)c1C#N. The molecule has 5 heteroatoms. The van der Waals surface area contributed by atoms with Crippen LogP contribution < -0.4 is 0 Å². The molecule has 2 heterocycles. The quantitative estimate of drug-likeness (QED) is 0.176. The Labute approximate surface area is 341 Å². The van der Waals surface area contributed by atoms with Crippen molar-refractivity contribution in [3.63, 3.8) is 0 Å². The fourth-order valence-corrected chi connectivity index (χ4v) is 8.40. The van der Waals surface area contributed by atoms with Crippen molar-refractivity contribution in [2.75, 3.05) is 0 Å². The van der Waals surface area contributed by atoms with Crippen LogP contribution in [0, 0.1) is 23.0 Å². The molecule has 3 nitrogen and oxygen atoms in total. The van der Waals surface area contributed by atoms with Crippen LogP contribution in [0.25, 0.3) is 66.1 Å². The van der Waals surface area contributed by atoms with Gasteiger partial charge >= 0.3 is 0 Å². The lowest BCUT2D eigenvalue weighted by Gasteiger charge is -2.21. The van der Waals surface area contributed by atoms with Gasteiger partial charge in [-0.15, -0.1) is 0 Å². The Hall–Kier alpha value is -5.73. The standard InChI is InChI=1S/C53H53F2N3/c1-50(2,3)33-13-17-44-39(25-33)40-26-34(51(4,5)6)14-18-45(40)57(44)48-23-32(31-21-37(54)29-38(55)22-31)24-49(43(48)30-56)58-46-19-15-35(52(7,8)9)27-41(46)42-28-36(53(10,11)12)16-20-47(42)58/h13-29H,1-12H3. The number of benzene rings is 6. The summed E-state index contributed by atoms with van der Waals surface area (Å²) >= 11 is 0. The first-order valence-corrected chi connectivity index (χ1v) is 20.3. The van der Waals surface area contributed by atoms with Crippen LogP contribution >= 0.6 is 0 Å². The van der Waals surface area contributed by atoms with Gasteiger partial charge in [-0.3, -0.25) is 0 Å². The zero-order valence-corrected chi connectivity index (χ0v) is 35.9. The van der Waals surface area contributed by atoms with Crippen molar-refractivity contribution >= 4 is 43.6 Å². The van der Waals surface area contributed by atoms with Crippen LogP contribution in [0.3, 0.4) is 0 Å². The minimum atomic E-state index is -0.662. The van der Waals surface area contributed by atoms with Crippen molar-refractivity contribution in [2.45, 2.75) is 105 Å². The van der Waals surface area contributed by atoms with Gasteiger partial charge in [0.2, 0.25) is 0 Å². The second-order valence-electron chi connectivity index (χ2n) is 20.3. The van der Waals surface area contributed by atoms with Crippen molar-refractivity contribution in [1.82, 2.24) is 9.13 Å². The summed E-state index contributed by atoms with van der Waals surface area (Å²) in [6.45, 7) is 26.6. The van der Waals surface area contributed by atoms with E-state index in [1.54, 1.807) is 0 Å². The minimum Gasteiger partial charge on any atom is -0.308 e. The maximum absolute atomic E-state index is 15.1. The summed E-state index contributed by atoms with van der Waals surface area (Å²) in [5.41, 5.74) is 11.0. The molecule has 0 amide bonds. The monoisotopic (exact) mass is 769 g/mol. The molecule has 0 N–H and O–H groups in total. The molecule has 0 aliphatic rings. The van der Waals surface area contributed by atoms with Crippen LogP contribution in [0.15, 0.2) is 103 Å². The Morgan fingerprint density at radius 3 is 0.931 bits per heavy atom. The Morgan fingerprint density at radius 2 is 0.672 bits per heavy atom. The molecule has 0 spiro atoms. The molecule has 0 aliphatic heterocycles. The summed E-state index contributed by atoms with van der Waals surface area (Å²) in [5.74, 6) is -1.32. The van der Waals surface area contributed by atoms with E-state index in [9.17, 15) is 5.26 Å².